The van der Waals surface area contributed by atoms with E-state index in [0.29, 0.717) is 5.56 Å². The van der Waals surface area contributed by atoms with Crippen molar-refractivity contribution in [2.75, 3.05) is 6.61 Å². The Labute approximate surface area is 312 Å². The monoisotopic (exact) mass is 749 g/mol. The molecule has 54 heavy (non-hydrogen) atoms. The molecule has 3 aliphatic carbocycles. The van der Waals surface area contributed by atoms with Crippen molar-refractivity contribution in [1.82, 2.24) is 5.32 Å². The Morgan fingerprint density at radius 2 is 1.56 bits per heavy atom. The molecule has 0 radical (unpaired) electrons. The Balaban J connectivity index is 1.52. The average Bonchev–Trinajstić information content (AvgIpc) is 3.12. The molecule has 4 aliphatic rings. The number of rotatable bonds is 8. The first kappa shape index (κ1) is 39.2. The highest BCUT2D eigenvalue weighted by Crippen LogP contribution is 2.64. The van der Waals surface area contributed by atoms with Gasteiger partial charge in [-0.1, -0.05) is 62.4 Å². The van der Waals surface area contributed by atoms with E-state index in [4.69, 9.17) is 18.9 Å². The molecule has 5 N–H and O–H groups in total. The van der Waals surface area contributed by atoms with Crippen LogP contribution in [0.25, 0.3) is 0 Å². The highest BCUT2D eigenvalue weighted by atomic mass is 16.6. The van der Waals surface area contributed by atoms with E-state index in [1.54, 1.807) is 62.4 Å². The molecule has 1 aliphatic heterocycles. The first-order chi connectivity index (χ1) is 25.3. The lowest BCUT2D eigenvalue weighted by atomic mass is 9.44. The fourth-order valence-corrected chi connectivity index (χ4v) is 9.34. The van der Waals surface area contributed by atoms with Crippen LogP contribution in [0.2, 0.25) is 0 Å². The summed E-state index contributed by atoms with van der Waals surface area (Å²) < 4.78 is 24.0. The van der Waals surface area contributed by atoms with Crippen LogP contribution in [0.5, 0.6) is 0 Å². The molecule has 0 spiro atoms. The van der Waals surface area contributed by atoms with Crippen molar-refractivity contribution in [2.45, 2.75) is 108 Å². The van der Waals surface area contributed by atoms with Gasteiger partial charge >= 0.3 is 17.9 Å². The Morgan fingerprint density at radius 3 is 2.11 bits per heavy atom. The van der Waals surface area contributed by atoms with Crippen LogP contribution in [-0.2, 0) is 38.1 Å². The van der Waals surface area contributed by atoms with Gasteiger partial charge < -0.3 is 44.7 Å². The predicted octanol–water partition coefficient (Wildman–Crippen LogP) is 1.87. The first-order valence-corrected chi connectivity index (χ1v) is 17.9. The molecule has 6 rings (SSSR count). The predicted molar refractivity (Wildman–Crippen MR) is 188 cm³/mol. The lowest BCUT2D eigenvalue weighted by Gasteiger charge is -2.67. The summed E-state index contributed by atoms with van der Waals surface area (Å²) in [5, 5.41) is 51.1. The summed E-state index contributed by atoms with van der Waals surface area (Å²) in [5.41, 5.74) is -7.01. The van der Waals surface area contributed by atoms with Gasteiger partial charge in [-0.3, -0.25) is 14.4 Å². The molecule has 2 saturated carbocycles. The van der Waals surface area contributed by atoms with Crippen LogP contribution in [0.1, 0.15) is 76.3 Å². The Kier molecular flexibility index (Phi) is 10.2. The van der Waals surface area contributed by atoms with E-state index in [-0.39, 0.29) is 29.7 Å². The van der Waals surface area contributed by atoms with Gasteiger partial charge in [-0.25, -0.2) is 9.59 Å². The van der Waals surface area contributed by atoms with Gasteiger partial charge in [0.05, 0.1) is 35.6 Å². The topological polar surface area (TPSA) is 215 Å². The van der Waals surface area contributed by atoms with E-state index in [1.807, 2.05) is 0 Å². The van der Waals surface area contributed by atoms with E-state index in [2.05, 4.69) is 5.32 Å². The van der Waals surface area contributed by atoms with Crippen molar-refractivity contribution in [3.05, 3.63) is 82.9 Å². The number of amides is 1. The number of aliphatic hydroxyl groups excluding tert-OH is 3. The Morgan fingerprint density at radius 1 is 0.944 bits per heavy atom. The second kappa shape index (κ2) is 14.0. The standard InChI is InChI=1S/C40H47NO13/c1-20-25(52-36(49)31(46)29(41-21(2)42)23-13-9-7-10-14-23)18-40(50)34(53-35(48)24-15-11-8-12-16-24)32-38(6,33(47)30(45)28(20)37(40,4)5)26(44)17-27-39(32,19-51-27)54-22(3)43/h7-16,25-27,29-32,34,44-46,50H,17-19H2,1-6H3,(H,41,42)/t25-,26-,27?,29-,30+,31+,32?,34-,38?,39-,40+/m0/s1. The van der Waals surface area contributed by atoms with Crippen LogP contribution in [0, 0.1) is 16.7 Å². The van der Waals surface area contributed by atoms with Gasteiger partial charge in [-0.2, -0.15) is 0 Å². The van der Waals surface area contributed by atoms with E-state index >= 15 is 0 Å². The normalized spacial score (nSPS) is 35.0. The van der Waals surface area contributed by atoms with Gasteiger partial charge in [-0.15, -0.1) is 0 Å². The molecule has 2 aromatic carbocycles. The minimum atomic E-state index is -2.32. The van der Waals surface area contributed by atoms with Gasteiger partial charge in [0.2, 0.25) is 5.91 Å². The van der Waals surface area contributed by atoms with Crippen molar-refractivity contribution in [2.24, 2.45) is 16.7 Å². The molecule has 14 nitrogen and oxygen atoms in total. The molecule has 1 amide bonds. The summed E-state index contributed by atoms with van der Waals surface area (Å²) in [7, 11) is 0. The van der Waals surface area contributed by atoms with E-state index in [1.165, 1.54) is 32.9 Å². The molecular formula is C40H47NO13. The molecule has 2 aromatic rings. The number of carbonyl (C=O) groups is 5. The second-order valence-corrected chi connectivity index (χ2v) is 15.6. The molecule has 0 aromatic heterocycles. The van der Waals surface area contributed by atoms with Crippen molar-refractivity contribution < 1.29 is 63.3 Å². The summed E-state index contributed by atoms with van der Waals surface area (Å²) in [6.07, 6.45) is -10.3. The lowest BCUT2D eigenvalue weighted by Crippen LogP contribution is -2.81. The minimum Gasteiger partial charge on any atom is -0.456 e. The van der Waals surface area contributed by atoms with Crippen molar-refractivity contribution in [3.63, 3.8) is 0 Å². The van der Waals surface area contributed by atoms with Gasteiger partial charge in [0.1, 0.15) is 30.0 Å². The van der Waals surface area contributed by atoms with E-state index < -0.39 is 107 Å². The van der Waals surface area contributed by atoms with Crippen LogP contribution < -0.4 is 5.32 Å². The van der Waals surface area contributed by atoms with Crippen molar-refractivity contribution in [3.8, 4) is 0 Å². The Hall–Kier alpha value is -4.47. The molecule has 1 saturated heterocycles. The Bertz CT molecular complexity index is 1860. The van der Waals surface area contributed by atoms with Crippen LogP contribution in [0.4, 0.5) is 0 Å². The zero-order valence-corrected chi connectivity index (χ0v) is 31.0. The smallest absolute Gasteiger partial charge is 0.338 e. The fourth-order valence-electron chi connectivity index (χ4n) is 9.34. The maximum Gasteiger partial charge on any atom is 0.338 e. The summed E-state index contributed by atoms with van der Waals surface area (Å²) in [6, 6.07) is 14.9. The maximum atomic E-state index is 14.9. The average molecular weight is 750 g/mol. The van der Waals surface area contributed by atoms with Crippen LogP contribution in [-0.4, -0.2) is 104 Å². The largest absolute Gasteiger partial charge is 0.456 e. The quantitative estimate of drug-likeness (QED) is 0.148. The molecule has 3 unspecified atom stereocenters. The number of esters is 3. The molecule has 290 valence electrons. The summed E-state index contributed by atoms with van der Waals surface area (Å²) in [6.45, 7) is 8.11. The van der Waals surface area contributed by atoms with E-state index in [9.17, 15) is 44.4 Å². The fraction of sp³-hybridized carbons (Fsp3) is 0.525. The first-order valence-electron chi connectivity index (χ1n) is 17.9. The van der Waals surface area contributed by atoms with Crippen LogP contribution in [0.15, 0.2) is 71.8 Å². The zero-order valence-electron chi connectivity index (χ0n) is 31.0. The third kappa shape index (κ3) is 6.04. The number of benzene rings is 2. The number of ketones is 1. The van der Waals surface area contributed by atoms with Gasteiger partial charge in [0, 0.05) is 32.1 Å². The van der Waals surface area contributed by atoms with E-state index in [0.717, 1.165) is 6.92 Å². The number of nitrogens with one attached hydrogen (secondary N) is 1. The summed E-state index contributed by atoms with van der Waals surface area (Å²) in [4.78, 5) is 67.6. The lowest BCUT2D eigenvalue weighted by molar-refractivity contribution is -0.346. The molecule has 3 fully saturated rings. The molecule has 1 heterocycles. The third-order valence-electron chi connectivity index (χ3n) is 12.3. The third-order valence-corrected chi connectivity index (χ3v) is 12.3. The van der Waals surface area contributed by atoms with Crippen LogP contribution >= 0.6 is 0 Å². The van der Waals surface area contributed by atoms with Gasteiger partial charge in [0.25, 0.3) is 0 Å². The van der Waals surface area contributed by atoms with Gasteiger partial charge in [-0.05, 0) is 42.7 Å². The number of Topliss-reactive ketones (excluding diaryl/α,β-unsaturated/α-hetero) is 1. The number of ether oxygens (including phenoxy) is 4. The SMILES string of the molecule is CC(=O)N[C@@H](c1ccccc1)[C@@H](O)C(=O)O[C@H]1C[C@@]2(O)[C@@H](OC(=O)c3ccccc3)C3C(C)(C(=O)[C@H](O)C(=C1C)C2(C)C)[C@@H](O)CC1OC[C@]13OC(C)=O. The van der Waals surface area contributed by atoms with Crippen molar-refractivity contribution in [1.29, 1.82) is 0 Å². The summed E-state index contributed by atoms with van der Waals surface area (Å²) >= 11 is 0. The molecule has 2 bridgehead atoms. The number of aliphatic hydroxyl groups is 4. The molecule has 11 atom stereocenters. The highest BCUT2D eigenvalue weighted by molar-refractivity contribution is 5.94. The molecule has 14 heteroatoms. The number of fused-ring (bicyclic) bond motifs is 5. The molecular weight excluding hydrogens is 702 g/mol. The van der Waals surface area contributed by atoms with Crippen LogP contribution in [0.3, 0.4) is 0 Å². The maximum absolute atomic E-state index is 14.9. The highest BCUT2D eigenvalue weighted by Gasteiger charge is 2.78. The number of hydrogen-bond donors (Lipinski definition) is 5. The number of carbonyl (C=O) groups excluding carboxylic acids is 5. The minimum absolute atomic E-state index is 0.0452. The van der Waals surface area contributed by atoms with Gasteiger partial charge in [0.15, 0.2) is 17.5 Å². The van der Waals surface area contributed by atoms with Crippen molar-refractivity contribution >= 4 is 29.6 Å². The summed E-state index contributed by atoms with van der Waals surface area (Å²) in [5.74, 6) is -5.80. The second-order valence-electron chi connectivity index (χ2n) is 15.6. The zero-order chi connectivity index (χ0) is 39.5. The number of hydrogen-bond acceptors (Lipinski definition) is 13.